The minimum atomic E-state index is -0.470. The standard InChI is InChI=1S/C31H26BrFN6O/c32-25-11-13-26(14-12-25)39-28(22-7-3-1-4-8-22)19-24(29(39)23-9-5-2-6-10-23)20-35-37-31-34-21-27(33)30(36-31)38-15-17-40-18-16-38/h1-14,19-21H,15-18H2,(H,34,36,37)/b35-20+. The van der Waals surface area contributed by atoms with Crippen molar-refractivity contribution in [3.63, 3.8) is 0 Å². The van der Waals surface area contributed by atoms with E-state index in [0.29, 0.717) is 26.3 Å². The molecule has 0 spiro atoms. The van der Waals surface area contributed by atoms with E-state index in [0.717, 1.165) is 38.2 Å². The van der Waals surface area contributed by atoms with Gasteiger partial charge in [0.2, 0.25) is 5.95 Å². The summed E-state index contributed by atoms with van der Waals surface area (Å²) >= 11 is 3.56. The summed E-state index contributed by atoms with van der Waals surface area (Å²) in [5, 5.41) is 4.48. The van der Waals surface area contributed by atoms with E-state index in [4.69, 9.17) is 4.74 Å². The van der Waals surface area contributed by atoms with Crippen LogP contribution in [0.2, 0.25) is 0 Å². The summed E-state index contributed by atoms with van der Waals surface area (Å²) in [7, 11) is 0. The Balaban J connectivity index is 1.42. The molecule has 6 rings (SSSR count). The molecule has 0 radical (unpaired) electrons. The molecule has 2 aromatic heterocycles. The van der Waals surface area contributed by atoms with Gasteiger partial charge in [-0.2, -0.15) is 10.1 Å². The maximum absolute atomic E-state index is 14.5. The number of nitrogens with zero attached hydrogens (tertiary/aromatic N) is 5. The van der Waals surface area contributed by atoms with Crippen molar-refractivity contribution in [2.45, 2.75) is 0 Å². The quantitative estimate of drug-likeness (QED) is 0.165. The minimum Gasteiger partial charge on any atom is -0.378 e. The van der Waals surface area contributed by atoms with E-state index in [1.54, 1.807) is 6.21 Å². The predicted octanol–water partition coefficient (Wildman–Crippen LogP) is 6.79. The molecule has 1 aliphatic rings. The van der Waals surface area contributed by atoms with Crippen molar-refractivity contribution >= 4 is 33.9 Å². The molecule has 40 heavy (non-hydrogen) atoms. The lowest BCUT2D eigenvalue weighted by Crippen LogP contribution is -2.37. The molecule has 0 amide bonds. The fourth-order valence-corrected chi connectivity index (χ4v) is 5.03. The van der Waals surface area contributed by atoms with Crippen LogP contribution in [0.15, 0.2) is 107 Å². The average Bonchev–Trinajstić information content (AvgIpc) is 3.39. The van der Waals surface area contributed by atoms with Gasteiger partial charge < -0.3 is 14.2 Å². The second-order valence-electron chi connectivity index (χ2n) is 9.21. The number of hydrogen-bond acceptors (Lipinski definition) is 6. The Morgan fingerprint density at radius 1 is 0.900 bits per heavy atom. The summed E-state index contributed by atoms with van der Waals surface area (Å²) in [6.07, 6.45) is 2.92. The highest BCUT2D eigenvalue weighted by molar-refractivity contribution is 9.10. The first-order chi connectivity index (χ1) is 19.7. The van der Waals surface area contributed by atoms with Gasteiger partial charge in [-0.3, -0.25) is 0 Å². The SMILES string of the molecule is Fc1cnc(N/N=C/c2cc(-c3ccccc3)n(-c3ccc(Br)cc3)c2-c2ccccc2)nc1N1CCOCC1. The van der Waals surface area contributed by atoms with Crippen LogP contribution in [0.3, 0.4) is 0 Å². The molecule has 1 saturated heterocycles. The summed E-state index contributed by atoms with van der Waals surface area (Å²) in [6.45, 7) is 2.21. The molecule has 7 nitrogen and oxygen atoms in total. The van der Waals surface area contributed by atoms with Crippen LogP contribution in [0, 0.1) is 5.82 Å². The van der Waals surface area contributed by atoms with Crippen molar-refractivity contribution < 1.29 is 9.13 Å². The summed E-state index contributed by atoms with van der Waals surface area (Å²) in [5.41, 5.74) is 8.95. The number of rotatable bonds is 7. The monoisotopic (exact) mass is 596 g/mol. The Kier molecular flexibility index (Phi) is 7.65. The minimum absolute atomic E-state index is 0.219. The third-order valence-corrected chi connectivity index (χ3v) is 7.16. The summed E-state index contributed by atoms with van der Waals surface area (Å²) in [4.78, 5) is 10.3. The lowest BCUT2D eigenvalue weighted by molar-refractivity contribution is 0.122. The first-order valence-electron chi connectivity index (χ1n) is 12.9. The van der Waals surface area contributed by atoms with Gasteiger partial charge >= 0.3 is 0 Å². The number of nitrogens with one attached hydrogen (secondary N) is 1. The second kappa shape index (κ2) is 11.8. The third-order valence-electron chi connectivity index (χ3n) is 6.64. The summed E-state index contributed by atoms with van der Waals surface area (Å²) in [6, 6.07) is 30.8. The molecule has 0 atom stereocenters. The third kappa shape index (κ3) is 5.52. The van der Waals surface area contributed by atoms with Gasteiger partial charge in [0.1, 0.15) is 0 Å². The zero-order valence-corrected chi connectivity index (χ0v) is 23.1. The molecule has 3 aromatic carbocycles. The number of hydrogen-bond donors (Lipinski definition) is 1. The van der Waals surface area contributed by atoms with Gasteiger partial charge in [0, 0.05) is 28.8 Å². The fraction of sp³-hybridized carbons (Fsp3) is 0.129. The van der Waals surface area contributed by atoms with Gasteiger partial charge in [0.25, 0.3) is 0 Å². The number of ether oxygens (including phenoxy) is 1. The number of morpholine rings is 1. The van der Waals surface area contributed by atoms with Gasteiger partial charge in [0.15, 0.2) is 11.6 Å². The largest absolute Gasteiger partial charge is 0.378 e. The molecular formula is C31H26BrFN6O. The molecule has 5 aromatic rings. The van der Waals surface area contributed by atoms with Crippen molar-refractivity contribution in [3.8, 4) is 28.2 Å². The molecule has 9 heteroatoms. The molecule has 0 bridgehead atoms. The van der Waals surface area contributed by atoms with Crippen molar-refractivity contribution in [1.29, 1.82) is 0 Å². The first-order valence-corrected chi connectivity index (χ1v) is 13.7. The van der Waals surface area contributed by atoms with Crippen molar-refractivity contribution in [1.82, 2.24) is 14.5 Å². The van der Waals surface area contributed by atoms with Crippen LogP contribution in [0.25, 0.3) is 28.2 Å². The molecule has 0 aliphatic carbocycles. The van der Waals surface area contributed by atoms with Gasteiger partial charge in [0.05, 0.1) is 37.0 Å². The molecule has 0 unspecified atom stereocenters. The lowest BCUT2D eigenvalue weighted by Gasteiger charge is -2.27. The number of halogens is 2. The maximum Gasteiger partial charge on any atom is 0.245 e. The second-order valence-corrected chi connectivity index (χ2v) is 10.1. The van der Waals surface area contributed by atoms with E-state index in [1.807, 2.05) is 53.4 Å². The molecule has 200 valence electrons. The molecule has 1 fully saturated rings. The maximum atomic E-state index is 14.5. The van der Waals surface area contributed by atoms with E-state index >= 15 is 0 Å². The van der Waals surface area contributed by atoms with E-state index in [2.05, 4.69) is 83.5 Å². The van der Waals surface area contributed by atoms with Crippen molar-refractivity contribution in [2.75, 3.05) is 36.6 Å². The Morgan fingerprint density at radius 3 is 2.27 bits per heavy atom. The van der Waals surface area contributed by atoms with E-state index in [-0.39, 0.29) is 11.8 Å². The molecule has 1 N–H and O–H groups in total. The van der Waals surface area contributed by atoms with Crippen LogP contribution in [-0.4, -0.2) is 47.1 Å². The van der Waals surface area contributed by atoms with E-state index in [1.165, 1.54) is 6.20 Å². The van der Waals surface area contributed by atoms with Crippen LogP contribution in [-0.2, 0) is 4.74 Å². The number of benzene rings is 3. The summed E-state index contributed by atoms with van der Waals surface area (Å²) < 4.78 is 23.1. The van der Waals surface area contributed by atoms with Gasteiger partial charge in [-0.05, 0) is 41.5 Å². The highest BCUT2D eigenvalue weighted by Crippen LogP contribution is 2.35. The lowest BCUT2D eigenvalue weighted by atomic mass is 10.1. The average molecular weight is 597 g/mol. The normalized spacial score (nSPS) is 13.6. The zero-order valence-electron chi connectivity index (χ0n) is 21.5. The number of anilines is 2. The molecular weight excluding hydrogens is 571 g/mol. The van der Waals surface area contributed by atoms with Crippen molar-refractivity contribution in [3.05, 3.63) is 113 Å². The van der Waals surface area contributed by atoms with Crippen LogP contribution in [0.5, 0.6) is 0 Å². The Morgan fingerprint density at radius 2 is 1.57 bits per heavy atom. The Bertz CT molecular complexity index is 1620. The summed E-state index contributed by atoms with van der Waals surface area (Å²) in [5.74, 6) is -0.00775. The van der Waals surface area contributed by atoms with Crippen LogP contribution in [0.4, 0.5) is 16.2 Å². The smallest absolute Gasteiger partial charge is 0.245 e. The van der Waals surface area contributed by atoms with Crippen LogP contribution < -0.4 is 10.3 Å². The first kappa shape index (κ1) is 25.9. The zero-order chi connectivity index (χ0) is 27.3. The highest BCUT2D eigenvalue weighted by Gasteiger charge is 2.20. The van der Waals surface area contributed by atoms with E-state index in [9.17, 15) is 4.39 Å². The highest BCUT2D eigenvalue weighted by atomic mass is 79.9. The van der Waals surface area contributed by atoms with Gasteiger partial charge in [-0.25, -0.2) is 14.8 Å². The van der Waals surface area contributed by atoms with Gasteiger partial charge in [-0.15, -0.1) is 0 Å². The Labute approximate surface area is 240 Å². The predicted molar refractivity (Wildman–Crippen MR) is 161 cm³/mol. The molecule has 0 saturated carbocycles. The topological polar surface area (TPSA) is 67.6 Å². The molecule has 1 aliphatic heterocycles. The van der Waals surface area contributed by atoms with Crippen molar-refractivity contribution in [2.24, 2.45) is 5.10 Å². The molecule has 3 heterocycles. The number of aromatic nitrogens is 3. The van der Waals surface area contributed by atoms with Crippen LogP contribution >= 0.6 is 15.9 Å². The fourth-order valence-electron chi connectivity index (χ4n) is 4.77. The van der Waals surface area contributed by atoms with Gasteiger partial charge in [-0.1, -0.05) is 76.6 Å². The van der Waals surface area contributed by atoms with Crippen LogP contribution in [0.1, 0.15) is 5.56 Å². The number of hydrazone groups is 1. The Hall–Kier alpha value is -4.34. The van der Waals surface area contributed by atoms with E-state index < -0.39 is 5.82 Å².